The average Bonchev–Trinajstić information content (AvgIpc) is 2.46. The molecule has 0 radical (unpaired) electrons. The van der Waals surface area contributed by atoms with Gasteiger partial charge in [0.2, 0.25) is 11.8 Å². The molecule has 120 valence electrons. The molecule has 22 heavy (non-hydrogen) atoms. The van der Waals surface area contributed by atoms with Crippen molar-refractivity contribution < 1.29 is 18.4 Å². The third-order valence-electron chi connectivity index (χ3n) is 3.58. The van der Waals surface area contributed by atoms with Gasteiger partial charge in [0.05, 0.1) is 24.7 Å². The molecule has 1 aromatic carbocycles. The van der Waals surface area contributed by atoms with E-state index in [9.17, 15) is 18.4 Å². The van der Waals surface area contributed by atoms with Gasteiger partial charge in [0, 0.05) is 5.56 Å². The number of benzene rings is 1. The molecule has 1 fully saturated rings. The van der Waals surface area contributed by atoms with Gasteiger partial charge in [0.15, 0.2) is 0 Å². The molecule has 3 N–H and O–H groups in total. The number of hydrogen-bond donors (Lipinski definition) is 3. The number of carbonyl (C=O) groups excluding carboxylic acids is 2. The zero-order valence-corrected chi connectivity index (χ0v) is 12.4. The van der Waals surface area contributed by atoms with Crippen LogP contribution in [-0.4, -0.2) is 24.0 Å². The Kier molecular flexibility index (Phi) is 5.07. The van der Waals surface area contributed by atoms with Crippen LogP contribution in [-0.2, 0) is 9.59 Å². The average molecular weight is 311 g/mol. The quantitative estimate of drug-likeness (QED) is 0.791. The van der Waals surface area contributed by atoms with Gasteiger partial charge >= 0.3 is 0 Å². The van der Waals surface area contributed by atoms with Crippen LogP contribution in [0, 0.1) is 0 Å². The van der Waals surface area contributed by atoms with Gasteiger partial charge in [0.1, 0.15) is 0 Å². The molecule has 1 aliphatic rings. The molecule has 0 aromatic heterocycles. The summed E-state index contributed by atoms with van der Waals surface area (Å²) in [4.78, 5) is 23.6. The van der Waals surface area contributed by atoms with Crippen molar-refractivity contribution in [1.82, 2.24) is 16.0 Å². The summed E-state index contributed by atoms with van der Waals surface area (Å²) in [5, 5.41) is 8.44. The van der Waals surface area contributed by atoms with E-state index in [0.29, 0.717) is 0 Å². The van der Waals surface area contributed by atoms with Crippen LogP contribution in [0.5, 0.6) is 0 Å². The number of nitrogens with one attached hydrogen (secondary N) is 3. The molecule has 0 aliphatic carbocycles. The Hall–Kier alpha value is -2.02. The van der Waals surface area contributed by atoms with E-state index in [2.05, 4.69) is 16.0 Å². The number of alkyl halides is 2. The van der Waals surface area contributed by atoms with Gasteiger partial charge in [-0.2, -0.15) is 0 Å². The molecule has 0 bridgehead atoms. The maximum atomic E-state index is 12.5. The molecular weight excluding hydrogens is 292 g/mol. The van der Waals surface area contributed by atoms with E-state index in [-0.39, 0.29) is 36.0 Å². The summed E-state index contributed by atoms with van der Waals surface area (Å²) in [6, 6.07) is 4.90. The van der Waals surface area contributed by atoms with Crippen molar-refractivity contribution in [3.63, 3.8) is 0 Å². The molecule has 3 atom stereocenters. The van der Waals surface area contributed by atoms with E-state index in [1.807, 2.05) is 0 Å². The van der Waals surface area contributed by atoms with Gasteiger partial charge < -0.3 is 10.6 Å². The zero-order chi connectivity index (χ0) is 16.3. The van der Waals surface area contributed by atoms with Crippen LogP contribution in [0.25, 0.3) is 0 Å². The predicted octanol–water partition coefficient (Wildman–Crippen LogP) is 1.63. The Morgan fingerprint density at radius 3 is 2.41 bits per heavy atom. The molecule has 0 saturated carbocycles. The minimum Gasteiger partial charge on any atom is -0.348 e. The lowest BCUT2D eigenvalue weighted by molar-refractivity contribution is -0.132. The van der Waals surface area contributed by atoms with Crippen molar-refractivity contribution in [2.24, 2.45) is 0 Å². The van der Waals surface area contributed by atoms with Gasteiger partial charge in [-0.15, -0.1) is 0 Å². The van der Waals surface area contributed by atoms with Crippen molar-refractivity contribution >= 4 is 11.8 Å². The van der Waals surface area contributed by atoms with E-state index < -0.39 is 12.5 Å². The second-order valence-corrected chi connectivity index (χ2v) is 5.41. The molecule has 1 aliphatic heterocycles. The van der Waals surface area contributed by atoms with Crippen LogP contribution in [0.3, 0.4) is 0 Å². The summed E-state index contributed by atoms with van der Waals surface area (Å²) in [6.07, 6.45) is -2.70. The molecule has 2 amide bonds. The predicted molar refractivity (Wildman–Crippen MR) is 77.1 cm³/mol. The summed E-state index contributed by atoms with van der Waals surface area (Å²) in [6.45, 7) is 3.52. The molecule has 1 saturated heterocycles. The lowest BCUT2D eigenvalue weighted by Crippen LogP contribution is -2.59. The minimum atomic E-state index is -2.51. The van der Waals surface area contributed by atoms with Gasteiger partial charge in [-0.3, -0.25) is 14.9 Å². The number of halogens is 2. The molecule has 0 spiro atoms. The Labute approximate surface area is 127 Å². The number of rotatable bonds is 4. The van der Waals surface area contributed by atoms with E-state index in [1.165, 1.54) is 12.1 Å². The first-order chi connectivity index (χ1) is 10.4. The molecule has 7 heteroatoms. The minimum absolute atomic E-state index is 0.0540. The van der Waals surface area contributed by atoms with Crippen molar-refractivity contribution in [2.45, 2.75) is 44.9 Å². The van der Waals surface area contributed by atoms with Crippen LogP contribution in [0.1, 0.15) is 43.9 Å². The first-order valence-corrected chi connectivity index (χ1v) is 7.10. The fraction of sp³-hybridized carbons (Fsp3) is 0.467. The van der Waals surface area contributed by atoms with E-state index in [4.69, 9.17) is 0 Å². The van der Waals surface area contributed by atoms with Crippen molar-refractivity contribution in [2.75, 3.05) is 0 Å². The highest BCUT2D eigenvalue weighted by atomic mass is 19.3. The van der Waals surface area contributed by atoms with Crippen LogP contribution < -0.4 is 16.0 Å². The Morgan fingerprint density at radius 2 is 1.86 bits per heavy atom. The topological polar surface area (TPSA) is 70.2 Å². The highest BCUT2D eigenvalue weighted by Crippen LogP contribution is 2.21. The summed E-state index contributed by atoms with van der Waals surface area (Å²) in [7, 11) is 0. The van der Waals surface area contributed by atoms with Crippen molar-refractivity contribution in [3.05, 3.63) is 35.4 Å². The van der Waals surface area contributed by atoms with E-state index in [0.717, 1.165) is 5.56 Å². The molecule has 1 aromatic rings. The molecule has 2 rings (SSSR count). The molecule has 1 heterocycles. The number of amides is 2. The Balaban J connectivity index is 1.97. The van der Waals surface area contributed by atoms with Crippen LogP contribution >= 0.6 is 0 Å². The van der Waals surface area contributed by atoms with Gasteiger partial charge in [0.25, 0.3) is 6.43 Å². The summed E-state index contributed by atoms with van der Waals surface area (Å²) in [5.41, 5.74) is 0.674. The van der Waals surface area contributed by atoms with Gasteiger partial charge in [-0.1, -0.05) is 24.3 Å². The second-order valence-electron chi connectivity index (χ2n) is 5.41. The lowest BCUT2D eigenvalue weighted by Gasteiger charge is -2.29. The first kappa shape index (κ1) is 16.4. The Bertz CT molecular complexity index is 548. The maximum Gasteiger partial charge on any atom is 0.263 e. The van der Waals surface area contributed by atoms with Crippen molar-refractivity contribution in [3.8, 4) is 0 Å². The van der Waals surface area contributed by atoms with E-state index in [1.54, 1.807) is 26.0 Å². The first-order valence-electron chi connectivity index (χ1n) is 7.10. The lowest BCUT2D eigenvalue weighted by atomic mass is 10.0. The van der Waals surface area contributed by atoms with Gasteiger partial charge in [-0.25, -0.2) is 8.78 Å². The van der Waals surface area contributed by atoms with Crippen LogP contribution in [0.4, 0.5) is 8.78 Å². The van der Waals surface area contributed by atoms with Crippen molar-refractivity contribution in [1.29, 1.82) is 0 Å². The monoisotopic (exact) mass is 311 g/mol. The highest BCUT2D eigenvalue weighted by molar-refractivity contribution is 5.89. The standard InChI is InChI=1S/C15H19F2N3O2/c1-8(10-3-5-11(6-4-10)14(16)17)18-15(22)12-7-13(21)20-9(2)19-12/h3-6,8-9,12,14,19H,7H2,1-2H3,(H,18,22)(H,20,21)/t8-,9?,12?/m1/s1. The van der Waals surface area contributed by atoms with E-state index >= 15 is 0 Å². The highest BCUT2D eigenvalue weighted by Gasteiger charge is 2.29. The summed E-state index contributed by atoms with van der Waals surface area (Å²) >= 11 is 0. The molecule has 5 nitrogen and oxygen atoms in total. The second kappa shape index (κ2) is 6.83. The fourth-order valence-corrected chi connectivity index (χ4v) is 2.38. The molecular formula is C15H19F2N3O2. The maximum absolute atomic E-state index is 12.5. The SMILES string of the molecule is CC1NC(=O)CC(C(=O)N[C@H](C)c2ccc(C(F)F)cc2)N1. The third kappa shape index (κ3) is 4.00. The summed E-state index contributed by atoms with van der Waals surface area (Å²) < 4.78 is 25.0. The summed E-state index contributed by atoms with van der Waals surface area (Å²) in [5.74, 6) is -0.465. The Morgan fingerprint density at radius 1 is 1.27 bits per heavy atom. The zero-order valence-electron chi connectivity index (χ0n) is 12.4. The normalized spacial score (nSPS) is 23.0. The fourth-order valence-electron chi connectivity index (χ4n) is 2.38. The smallest absolute Gasteiger partial charge is 0.263 e. The largest absolute Gasteiger partial charge is 0.348 e. The number of hydrogen-bond acceptors (Lipinski definition) is 3. The third-order valence-corrected chi connectivity index (χ3v) is 3.58. The van der Waals surface area contributed by atoms with Crippen LogP contribution in [0.2, 0.25) is 0 Å². The molecule has 2 unspecified atom stereocenters. The van der Waals surface area contributed by atoms with Crippen LogP contribution in [0.15, 0.2) is 24.3 Å². The number of carbonyl (C=O) groups is 2. The van der Waals surface area contributed by atoms with Gasteiger partial charge in [-0.05, 0) is 19.4 Å².